The number of hydrogen-bond acceptors (Lipinski definition) is 6. The number of benzene rings is 2. The zero-order valence-electron chi connectivity index (χ0n) is 18.8. The SMILES string of the molecule is CN(C)CCOc1ccc([C@@H]2C=C3CC(=O)Cc4c5c(cc(O)c4C3=CO2)C=CCO5)cc1. The molecule has 2 aliphatic heterocycles. The molecule has 170 valence electrons. The van der Waals surface area contributed by atoms with Gasteiger partial charge in [0, 0.05) is 41.6 Å². The summed E-state index contributed by atoms with van der Waals surface area (Å²) >= 11 is 0. The van der Waals surface area contributed by atoms with Crippen LogP contribution in [0.5, 0.6) is 17.2 Å². The Labute approximate surface area is 193 Å². The first kappa shape index (κ1) is 21.3. The summed E-state index contributed by atoms with van der Waals surface area (Å²) in [5.41, 5.74) is 4.73. The fourth-order valence-electron chi connectivity index (χ4n) is 4.45. The fraction of sp³-hybridized carbons (Fsp3) is 0.296. The number of ketones is 1. The second-order valence-electron chi connectivity index (χ2n) is 8.77. The molecule has 6 heteroatoms. The largest absolute Gasteiger partial charge is 0.507 e. The first-order valence-electron chi connectivity index (χ1n) is 11.1. The molecule has 0 unspecified atom stereocenters. The maximum absolute atomic E-state index is 12.8. The zero-order chi connectivity index (χ0) is 22.9. The van der Waals surface area contributed by atoms with Crippen LogP contribution in [0.3, 0.4) is 0 Å². The van der Waals surface area contributed by atoms with Crippen LogP contribution in [0.4, 0.5) is 0 Å². The van der Waals surface area contributed by atoms with Gasteiger partial charge in [0.25, 0.3) is 0 Å². The van der Waals surface area contributed by atoms with E-state index in [0.29, 0.717) is 24.5 Å². The molecule has 2 heterocycles. The van der Waals surface area contributed by atoms with Gasteiger partial charge in [-0.25, -0.2) is 0 Å². The van der Waals surface area contributed by atoms with Crippen LogP contribution in [-0.2, 0) is 16.0 Å². The van der Waals surface area contributed by atoms with E-state index in [1.54, 1.807) is 12.3 Å². The highest BCUT2D eigenvalue weighted by molar-refractivity contribution is 5.98. The van der Waals surface area contributed by atoms with Crippen LogP contribution in [0.15, 0.2) is 54.3 Å². The molecule has 0 aromatic heterocycles. The predicted octanol–water partition coefficient (Wildman–Crippen LogP) is 4.29. The highest BCUT2D eigenvalue weighted by atomic mass is 16.5. The van der Waals surface area contributed by atoms with Gasteiger partial charge in [-0.15, -0.1) is 0 Å². The van der Waals surface area contributed by atoms with Gasteiger partial charge in [-0.05, 0) is 55.6 Å². The summed E-state index contributed by atoms with van der Waals surface area (Å²) in [6, 6.07) is 9.52. The van der Waals surface area contributed by atoms with E-state index in [1.807, 2.05) is 56.6 Å². The van der Waals surface area contributed by atoms with E-state index in [9.17, 15) is 9.90 Å². The molecular weight excluding hydrogens is 418 g/mol. The number of allylic oxidation sites excluding steroid dienone is 2. The van der Waals surface area contributed by atoms with Gasteiger partial charge in [-0.3, -0.25) is 4.79 Å². The Bertz CT molecular complexity index is 1170. The zero-order valence-corrected chi connectivity index (χ0v) is 18.8. The van der Waals surface area contributed by atoms with Gasteiger partial charge < -0.3 is 24.2 Å². The summed E-state index contributed by atoms with van der Waals surface area (Å²) in [5.74, 6) is 1.70. The molecule has 33 heavy (non-hydrogen) atoms. The fourth-order valence-corrected chi connectivity index (χ4v) is 4.45. The third-order valence-electron chi connectivity index (χ3n) is 6.09. The lowest BCUT2D eigenvalue weighted by atomic mass is 9.90. The molecule has 1 atom stereocenters. The van der Waals surface area contributed by atoms with Crippen LogP contribution in [0, 0.1) is 0 Å². The molecule has 3 aliphatic rings. The second-order valence-corrected chi connectivity index (χ2v) is 8.77. The maximum Gasteiger partial charge on any atom is 0.142 e. The quantitative estimate of drug-likeness (QED) is 0.741. The first-order chi connectivity index (χ1) is 16.0. The third-order valence-corrected chi connectivity index (χ3v) is 6.09. The number of aromatic hydroxyl groups is 1. The Kier molecular flexibility index (Phi) is 5.68. The molecule has 0 saturated carbocycles. The lowest BCUT2D eigenvalue weighted by Gasteiger charge is -2.25. The first-order valence-corrected chi connectivity index (χ1v) is 11.1. The molecule has 1 aliphatic carbocycles. The number of carbonyl (C=O) groups excluding carboxylic acids is 1. The number of phenolic OH excluding ortho intramolecular Hbond substituents is 1. The number of rotatable bonds is 5. The molecule has 0 spiro atoms. The van der Waals surface area contributed by atoms with Crippen molar-refractivity contribution < 1.29 is 24.1 Å². The van der Waals surface area contributed by atoms with Gasteiger partial charge in [0.1, 0.15) is 42.3 Å². The maximum atomic E-state index is 12.8. The lowest BCUT2D eigenvalue weighted by molar-refractivity contribution is -0.117. The van der Waals surface area contributed by atoms with Gasteiger partial charge in [0.15, 0.2) is 0 Å². The number of ether oxygens (including phenoxy) is 3. The van der Waals surface area contributed by atoms with Crippen molar-refractivity contribution in [3.05, 3.63) is 76.6 Å². The van der Waals surface area contributed by atoms with E-state index >= 15 is 0 Å². The number of nitrogens with zero attached hydrogens (tertiary/aromatic N) is 1. The summed E-state index contributed by atoms with van der Waals surface area (Å²) in [5, 5.41) is 10.8. The van der Waals surface area contributed by atoms with E-state index in [4.69, 9.17) is 14.2 Å². The van der Waals surface area contributed by atoms with Crippen LogP contribution in [0.2, 0.25) is 0 Å². The van der Waals surface area contributed by atoms with Crippen LogP contribution in [0.1, 0.15) is 34.8 Å². The molecule has 0 fully saturated rings. The van der Waals surface area contributed by atoms with Crippen molar-refractivity contribution in [1.29, 1.82) is 0 Å². The Morgan fingerprint density at radius 2 is 2.00 bits per heavy atom. The van der Waals surface area contributed by atoms with Crippen molar-refractivity contribution in [3.8, 4) is 17.2 Å². The molecule has 5 rings (SSSR count). The van der Waals surface area contributed by atoms with Gasteiger partial charge in [0.2, 0.25) is 0 Å². The highest BCUT2D eigenvalue weighted by Crippen LogP contribution is 2.47. The van der Waals surface area contributed by atoms with Crippen molar-refractivity contribution >= 4 is 17.4 Å². The van der Waals surface area contributed by atoms with Gasteiger partial charge in [-0.2, -0.15) is 0 Å². The normalized spacial score (nSPS) is 18.8. The van der Waals surface area contributed by atoms with Crippen molar-refractivity contribution in [1.82, 2.24) is 4.90 Å². The van der Waals surface area contributed by atoms with Crippen molar-refractivity contribution in [2.75, 3.05) is 33.9 Å². The summed E-state index contributed by atoms with van der Waals surface area (Å²) in [7, 11) is 4.02. The summed E-state index contributed by atoms with van der Waals surface area (Å²) in [6.07, 6.45) is 7.65. The van der Waals surface area contributed by atoms with Crippen LogP contribution in [-0.4, -0.2) is 49.6 Å². The van der Waals surface area contributed by atoms with Gasteiger partial charge in [-0.1, -0.05) is 18.2 Å². The standard InChI is InChI=1S/C27H27NO5/c1-28(2)9-11-31-21-7-5-17(6-8-21)25-14-19-12-20(29)15-22-26(23(19)16-33-25)24(30)13-18-4-3-10-32-27(18)22/h3-8,13-14,16,25,30H,9-12,15H2,1-2H3/t25-/m0/s1. The topological polar surface area (TPSA) is 68.2 Å². The minimum atomic E-state index is -0.312. The van der Waals surface area contributed by atoms with E-state index in [-0.39, 0.29) is 30.5 Å². The number of phenols is 1. The van der Waals surface area contributed by atoms with Crippen LogP contribution < -0.4 is 9.47 Å². The second kappa shape index (κ2) is 8.79. The molecule has 0 bridgehead atoms. The summed E-state index contributed by atoms with van der Waals surface area (Å²) < 4.78 is 17.7. The van der Waals surface area contributed by atoms with E-state index < -0.39 is 0 Å². The average Bonchev–Trinajstić information content (AvgIpc) is 2.95. The van der Waals surface area contributed by atoms with Crippen molar-refractivity contribution in [2.45, 2.75) is 18.9 Å². The Hall–Kier alpha value is -3.51. The predicted molar refractivity (Wildman–Crippen MR) is 126 cm³/mol. The Morgan fingerprint density at radius 3 is 2.79 bits per heavy atom. The smallest absolute Gasteiger partial charge is 0.142 e. The number of carbonyl (C=O) groups is 1. The number of Topliss-reactive ketones (excluding diaryl/α,β-unsaturated/α-hetero) is 1. The molecule has 6 nitrogen and oxygen atoms in total. The molecule has 2 aromatic rings. The molecular formula is C27H27NO5. The van der Waals surface area contributed by atoms with Gasteiger partial charge >= 0.3 is 0 Å². The van der Waals surface area contributed by atoms with Crippen LogP contribution in [0.25, 0.3) is 11.6 Å². The third kappa shape index (κ3) is 4.26. The van der Waals surface area contributed by atoms with Gasteiger partial charge in [0.05, 0.1) is 6.26 Å². The summed E-state index contributed by atoms with van der Waals surface area (Å²) in [6.45, 7) is 1.92. The van der Waals surface area contributed by atoms with Crippen LogP contribution >= 0.6 is 0 Å². The van der Waals surface area contributed by atoms with E-state index in [0.717, 1.165) is 40.1 Å². The monoisotopic (exact) mass is 445 g/mol. The molecule has 0 radical (unpaired) electrons. The average molecular weight is 446 g/mol. The molecule has 1 N–H and O–H groups in total. The Balaban J connectivity index is 1.43. The minimum Gasteiger partial charge on any atom is -0.507 e. The number of likely N-dealkylation sites (N-methyl/N-ethyl adjacent to an activating group) is 1. The van der Waals surface area contributed by atoms with E-state index in [2.05, 4.69) is 4.90 Å². The summed E-state index contributed by atoms with van der Waals surface area (Å²) in [4.78, 5) is 14.9. The van der Waals surface area contributed by atoms with Crippen molar-refractivity contribution in [3.63, 3.8) is 0 Å². The molecule has 2 aromatic carbocycles. The highest BCUT2D eigenvalue weighted by Gasteiger charge is 2.32. The number of fused-ring (bicyclic) bond motifs is 5. The molecule has 0 amide bonds. The minimum absolute atomic E-state index is 0.0853. The van der Waals surface area contributed by atoms with Crippen molar-refractivity contribution in [2.24, 2.45) is 0 Å². The lowest BCUT2D eigenvalue weighted by Crippen LogP contribution is -2.19. The van der Waals surface area contributed by atoms with E-state index in [1.165, 1.54) is 0 Å². The Morgan fingerprint density at radius 1 is 1.18 bits per heavy atom. The molecule has 0 saturated heterocycles. The number of hydrogen-bond donors (Lipinski definition) is 1.